The fourth-order valence-electron chi connectivity index (χ4n) is 0.927. The van der Waals surface area contributed by atoms with Gasteiger partial charge in [0.05, 0.1) is 4.92 Å². The number of hydrogen-bond donors (Lipinski definition) is 1. The highest BCUT2D eigenvalue weighted by atomic mass is 35.7. The molecule has 1 rings (SSSR count). The van der Waals surface area contributed by atoms with E-state index in [1.165, 1.54) is 4.72 Å². The lowest BCUT2D eigenvalue weighted by Crippen LogP contribution is -2.29. The Morgan fingerprint density at radius 2 is 2.06 bits per heavy atom. The number of nitrogens with zero attached hydrogens (tertiary/aromatic N) is 1. The van der Waals surface area contributed by atoms with Crippen LogP contribution in [0.1, 0.15) is 0 Å². The van der Waals surface area contributed by atoms with Crippen LogP contribution in [0.15, 0.2) is 18.2 Å². The molecule has 0 heterocycles. The number of ether oxygens (including phenoxy) is 1. The minimum absolute atomic E-state index is 0.177. The van der Waals surface area contributed by atoms with Crippen LogP contribution >= 0.6 is 22.3 Å². The van der Waals surface area contributed by atoms with E-state index in [0.29, 0.717) is 0 Å². The third-order valence-corrected chi connectivity index (χ3v) is 2.48. The Hall–Kier alpha value is -1.58. The van der Waals surface area contributed by atoms with Crippen molar-refractivity contribution < 1.29 is 22.9 Å². The number of carbonyl (C=O) groups is 1. The molecule has 0 bridgehead atoms. The largest absolute Gasteiger partial charge is 0.427 e. The van der Waals surface area contributed by atoms with Crippen LogP contribution in [0, 0.1) is 10.1 Å². The summed E-state index contributed by atoms with van der Waals surface area (Å²) >= 11 is 5.54. The summed E-state index contributed by atoms with van der Waals surface area (Å²) in [5.74, 6) is -0.177. The summed E-state index contributed by atoms with van der Waals surface area (Å²) in [6.45, 7) is 0. The molecule has 1 aromatic rings. The highest BCUT2D eigenvalue weighted by Crippen LogP contribution is 2.28. The predicted molar refractivity (Wildman–Crippen MR) is 62.0 cm³/mol. The van der Waals surface area contributed by atoms with Gasteiger partial charge >= 0.3 is 15.3 Å². The molecule has 0 saturated carbocycles. The molecule has 0 aliphatic rings. The molecule has 0 spiro atoms. The number of benzene rings is 1. The van der Waals surface area contributed by atoms with Gasteiger partial charge in [0.2, 0.25) is 0 Å². The van der Waals surface area contributed by atoms with E-state index in [1.807, 2.05) is 0 Å². The van der Waals surface area contributed by atoms with Gasteiger partial charge in [-0.1, -0.05) is 11.6 Å². The molecule has 98 valence electrons. The van der Waals surface area contributed by atoms with Gasteiger partial charge in [0.15, 0.2) is 0 Å². The number of rotatable bonds is 3. The summed E-state index contributed by atoms with van der Waals surface area (Å²) in [7, 11) is 0.468. The van der Waals surface area contributed by atoms with Gasteiger partial charge < -0.3 is 4.74 Å². The Labute approximate surface area is 110 Å². The zero-order valence-corrected chi connectivity index (χ0v) is 10.6. The Bertz CT molecular complexity index is 602. The van der Waals surface area contributed by atoms with Gasteiger partial charge in [-0.2, -0.15) is 8.42 Å². The van der Waals surface area contributed by atoms with E-state index in [0.717, 1.165) is 18.2 Å². The highest BCUT2D eigenvalue weighted by molar-refractivity contribution is 8.12. The van der Waals surface area contributed by atoms with Crippen LogP contribution < -0.4 is 9.46 Å². The summed E-state index contributed by atoms with van der Waals surface area (Å²) in [6, 6.07) is 3.06. The maximum atomic E-state index is 11.0. The van der Waals surface area contributed by atoms with Crippen molar-refractivity contribution in [1.82, 2.24) is 4.72 Å². The molecule has 11 heteroatoms. The lowest BCUT2D eigenvalue weighted by molar-refractivity contribution is -0.384. The van der Waals surface area contributed by atoms with Crippen molar-refractivity contribution in [3.05, 3.63) is 33.3 Å². The van der Waals surface area contributed by atoms with Crippen molar-refractivity contribution in [3.8, 4) is 5.75 Å². The number of nitro benzene ring substituents is 1. The van der Waals surface area contributed by atoms with Gasteiger partial charge in [-0.15, -0.1) is 0 Å². The van der Waals surface area contributed by atoms with Crippen LogP contribution in [0.4, 0.5) is 10.5 Å². The summed E-state index contributed by atoms with van der Waals surface area (Å²) in [4.78, 5) is 20.7. The summed E-state index contributed by atoms with van der Waals surface area (Å²) in [6.07, 6.45) is -1.37. The van der Waals surface area contributed by atoms with Crippen LogP contribution in [0.5, 0.6) is 5.75 Å². The first-order valence-corrected chi connectivity index (χ1v) is 6.76. The number of carbonyl (C=O) groups excluding carboxylic acids is 1. The average Bonchev–Trinajstić information content (AvgIpc) is 2.13. The summed E-state index contributed by atoms with van der Waals surface area (Å²) < 4.78 is 26.8. The lowest BCUT2D eigenvalue weighted by Gasteiger charge is -2.04. The number of amides is 1. The maximum Gasteiger partial charge on any atom is 0.427 e. The van der Waals surface area contributed by atoms with Crippen LogP contribution in [-0.2, 0) is 9.24 Å². The minimum atomic E-state index is -4.27. The molecular formula is C7H4Cl2N2O6S. The van der Waals surface area contributed by atoms with Gasteiger partial charge in [0, 0.05) is 22.8 Å². The molecule has 0 atom stereocenters. The van der Waals surface area contributed by atoms with Crippen LogP contribution in [0.2, 0.25) is 5.02 Å². The molecule has 0 aromatic heterocycles. The van der Waals surface area contributed by atoms with E-state index in [4.69, 9.17) is 22.3 Å². The number of halogens is 2. The van der Waals surface area contributed by atoms with E-state index in [9.17, 15) is 23.3 Å². The van der Waals surface area contributed by atoms with Gasteiger partial charge in [-0.05, 0) is 6.07 Å². The molecule has 0 saturated heterocycles. The van der Waals surface area contributed by atoms with Gasteiger partial charge in [0.1, 0.15) is 10.8 Å². The van der Waals surface area contributed by atoms with Crippen molar-refractivity contribution in [2.45, 2.75) is 0 Å². The second-order valence-corrected chi connectivity index (χ2v) is 5.51. The molecular weight excluding hydrogens is 311 g/mol. The Balaban J connectivity index is 2.84. The topological polar surface area (TPSA) is 116 Å². The summed E-state index contributed by atoms with van der Waals surface area (Å²) in [5, 5.41) is 10.2. The van der Waals surface area contributed by atoms with E-state index >= 15 is 0 Å². The normalized spacial score (nSPS) is 10.8. The first-order valence-electron chi connectivity index (χ1n) is 4.07. The molecule has 0 aliphatic carbocycles. The van der Waals surface area contributed by atoms with Gasteiger partial charge in [-0.3, -0.25) is 10.1 Å². The zero-order chi connectivity index (χ0) is 13.9. The van der Waals surface area contributed by atoms with Crippen LogP contribution in [0.3, 0.4) is 0 Å². The molecule has 0 unspecified atom stereocenters. The maximum absolute atomic E-state index is 11.0. The van der Waals surface area contributed by atoms with Crippen molar-refractivity contribution in [3.63, 3.8) is 0 Å². The molecule has 0 aliphatic heterocycles. The molecule has 18 heavy (non-hydrogen) atoms. The van der Waals surface area contributed by atoms with Gasteiger partial charge in [0.25, 0.3) is 5.69 Å². The van der Waals surface area contributed by atoms with Crippen LogP contribution in [0.25, 0.3) is 0 Å². The third-order valence-electron chi connectivity index (χ3n) is 1.53. The quantitative estimate of drug-likeness (QED) is 0.517. The summed E-state index contributed by atoms with van der Waals surface area (Å²) in [5.41, 5.74) is -0.380. The molecule has 1 N–H and O–H groups in total. The monoisotopic (exact) mass is 314 g/mol. The Morgan fingerprint density at radius 3 is 2.50 bits per heavy atom. The lowest BCUT2D eigenvalue weighted by atomic mass is 10.3. The van der Waals surface area contributed by atoms with Crippen molar-refractivity contribution >= 4 is 43.3 Å². The second-order valence-electron chi connectivity index (χ2n) is 2.80. The zero-order valence-electron chi connectivity index (χ0n) is 8.29. The second kappa shape index (κ2) is 5.38. The first-order chi connectivity index (χ1) is 8.19. The van der Waals surface area contributed by atoms with Crippen molar-refractivity contribution in [1.29, 1.82) is 0 Å². The fourth-order valence-corrected chi connectivity index (χ4v) is 1.60. The Kier molecular flexibility index (Phi) is 4.33. The third kappa shape index (κ3) is 4.35. The minimum Gasteiger partial charge on any atom is -0.410 e. The first kappa shape index (κ1) is 14.5. The van der Waals surface area contributed by atoms with E-state index in [2.05, 4.69) is 4.74 Å². The molecule has 1 aromatic carbocycles. The number of nitro groups is 1. The number of hydrogen-bond acceptors (Lipinski definition) is 6. The fraction of sp³-hybridized carbons (Fsp3) is 0. The molecule has 0 radical (unpaired) electrons. The SMILES string of the molecule is O=C(NS(=O)(=O)Cl)Oc1ccc([N+](=O)[O-])c(Cl)c1. The predicted octanol–water partition coefficient (Wildman–Crippen LogP) is 1.82. The highest BCUT2D eigenvalue weighted by Gasteiger charge is 2.16. The molecule has 0 fully saturated rings. The van der Waals surface area contributed by atoms with Crippen molar-refractivity contribution in [2.75, 3.05) is 0 Å². The van der Waals surface area contributed by atoms with E-state index < -0.39 is 20.3 Å². The van der Waals surface area contributed by atoms with Crippen LogP contribution in [-0.4, -0.2) is 19.4 Å². The Morgan fingerprint density at radius 1 is 1.44 bits per heavy atom. The average molecular weight is 315 g/mol. The standard InChI is InChI=1S/C7H4Cl2N2O6S/c8-5-3-4(1-2-6(5)11(13)14)17-7(12)10-18(9,15)16/h1-3H,(H,10,12). The molecule has 8 nitrogen and oxygen atoms in total. The molecule has 1 amide bonds. The van der Waals surface area contributed by atoms with E-state index in [-0.39, 0.29) is 16.5 Å². The smallest absolute Gasteiger partial charge is 0.410 e. The van der Waals surface area contributed by atoms with Gasteiger partial charge in [-0.25, -0.2) is 9.52 Å². The van der Waals surface area contributed by atoms with Crippen molar-refractivity contribution in [2.24, 2.45) is 0 Å². The van der Waals surface area contributed by atoms with E-state index in [1.54, 1.807) is 0 Å². The number of nitrogens with one attached hydrogen (secondary N) is 1.